The van der Waals surface area contributed by atoms with E-state index in [9.17, 15) is 9.59 Å². The number of carbonyl (C=O) groups is 2. The van der Waals surface area contributed by atoms with Gasteiger partial charge in [0.2, 0.25) is 0 Å². The number of aromatic carboxylic acids is 1. The summed E-state index contributed by atoms with van der Waals surface area (Å²) in [7, 11) is 3.55. The highest BCUT2D eigenvalue weighted by atomic mass is 16.7. The van der Waals surface area contributed by atoms with Crippen LogP contribution in [0.3, 0.4) is 0 Å². The number of rotatable bonds is 7. The minimum absolute atomic E-state index is 0.0419. The van der Waals surface area contributed by atoms with Crippen molar-refractivity contribution in [1.29, 1.82) is 0 Å². The normalized spacial score (nSPS) is 19.3. The van der Waals surface area contributed by atoms with Crippen LogP contribution in [0.5, 0.6) is 11.5 Å². The van der Waals surface area contributed by atoms with Crippen molar-refractivity contribution in [3.63, 3.8) is 0 Å². The van der Waals surface area contributed by atoms with Gasteiger partial charge in [-0.15, -0.1) is 0 Å². The molecule has 1 atom stereocenters. The average Bonchev–Trinajstić information content (AvgIpc) is 2.99. The largest absolute Gasteiger partial charge is 0.496 e. The van der Waals surface area contributed by atoms with Crippen LogP contribution in [0.2, 0.25) is 0 Å². The molecular weight excluding hydrogens is 396 g/mol. The second-order valence-electron chi connectivity index (χ2n) is 8.11. The summed E-state index contributed by atoms with van der Waals surface area (Å²) in [6.07, 6.45) is 4.54. The molecule has 0 spiro atoms. The predicted molar refractivity (Wildman–Crippen MR) is 118 cm³/mol. The maximum Gasteiger partial charge on any atom is 0.335 e. The van der Waals surface area contributed by atoms with Crippen LogP contribution >= 0.6 is 0 Å². The Morgan fingerprint density at radius 1 is 1.19 bits per heavy atom. The van der Waals surface area contributed by atoms with Gasteiger partial charge in [0.25, 0.3) is 5.91 Å². The molecule has 31 heavy (non-hydrogen) atoms. The highest BCUT2D eigenvalue weighted by molar-refractivity contribution is 5.98. The summed E-state index contributed by atoms with van der Waals surface area (Å²) in [5.74, 6) is -0.890. The Kier molecular flexibility index (Phi) is 7.17. The van der Waals surface area contributed by atoms with Crippen molar-refractivity contribution in [2.24, 2.45) is 0 Å². The Hall–Kier alpha value is -3.06. The molecule has 2 aromatic carbocycles. The minimum atomic E-state index is -1.09. The first-order valence-electron chi connectivity index (χ1n) is 10.6. The first kappa shape index (κ1) is 22.6. The molecule has 1 saturated heterocycles. The standard InChI is InChI=1S/C24H30N2O5/c1-4-24(12-5-6-13-26(2)16-24)18-8-7-9-19(15-18)31-25-22(27)20-11-10-17(23(28)29)14-21(20)30-3/h7-11,14-15H,4-6,12-13,16H2,1-3H3,(H,25,27)(H,28,29). The van der Waals surface area contributed by atoms with Crippen molar-refractivity contribution in [3.8, 4) is 11.5 Å². The maximum absolute atomic E-state index is 12.6. The van der Waals surface area contributed by atoms with E-state index in [0.29, 0.717) is 5.75 Å². The lowest BCUT2D eigenvalue weighted by Crippen LogP contribution is -2.37. The topological polar surface area (TPSA) is 88.1 Å². The monoisotopic (exact) mass is 426 g/mol. The molecule has 0 aromatic heterocycles. The SMILES string of the molecule is CCC1(c2cccc(ONC(=O)c3ccc(C(=O)O)cc3OC)c2)CCCCN(C)C1. The molecule has 0 radical (unpaired) electrons. The van der Waals surface area contributed by atoms with Gasteiger partial charge < -0.3 is 19.6 Å². The third-order valence-electron chi connectivity index (χ3n) is 6.10. The fourth-order valence-corrected chi connectivity index (χ4v) is 4.31. The van der Waals surface area contributed by atoms with Crippen LogP contribution in [0.15, 0.2) is 42.5 Å². The van der Waals surface area contributed by atoms with Gasteiger partial charge in [0.15, 0.2) is 5.75 Å². The number of likely N-dealkylation sites (N-methyl/N-ethyl adjacent to an activating group) is 1. The molecule has 1 unspecified atom stereocenters. The number of carbonyl (C=O) groups excluding carboxylic acids is 1. The first-order valence-corrected chi connectivity index (χ1v) is 10.6. The zero-order valence-corrected chi connectivity index (χ0v) is 18.3. The van der Waals surface area contributed by atoms with Gasteiger partial charge in [-0.25, -0.2) is 4.79 Å². The van der Waals surface area contributed by atoms with Gasteiger partial charge in [-0.1, -0.05) is 25.5 Å². The minimum Gasteiger partial charge on any atom is -0.496 e. The van der Waals surface area contributed by atoms with Gasteiger partial charge in [-0.2, -0.15) is 5.48 Å². The Balaban J connectivity index is 1.76. The summed E-state index contributed by atoms with van der Waals surface area (Å²) in [5.41, 5.74) is 3.95. The molecule has 2 N–H and O–H groups in total. The van der Waals surface area contributed by atoms with E-state index >= 15 is 0 Å². The smallest absolute Gasteiger partial charge is 0.335 e. The van der Waals surface area contributed by atoms with Crippen molar-refractivity contribution in [3.05, 3.63) is 59.2 Å². The number of benzene rings is 2. The Bertz CT molecular complexity index is 945. The number of nitrogens with zero attached hydrogens (tertiary/aromatic N) is 1. The van der Waals surface area contributed by atoms with Gasteiger partial charge in [0.05, 0.1) is 18.2 Å². The third-order valence-corrected chi connectivity index (χ3v) is 6.10. The fourth-order valence-electron chi connectivity index (χ4n) is 4.31. The molecule has 166 valence electrons. The highest BCUT2D eigenvalue weighted by Crippen LogP contribution is 2.37. The van der Waals surface area contributed by atoms with E-state index in [1.165, 1.54) is 43.7 Å². The summed E-state index contributed by atoms with van der Waals surface area (Å²) in [6, 6.07) is 11.9. The van der Waals surface area contributed by atoms with Crippen molar-refractivity contribution >= 4 is 11.9 Å². The van der Waals surface area contributed by atoms with Gasteiger partial charge in [-0.05, 0) is 68.8 Å². The van der Waals surface area contributed by atoms with Crippen molar-refractivity contribution in [2.75, 3.05) is 27.2 Å². The lowest BCUT2D eigenvalue weighted by atomic mass is 9.74. The molecule has 2 aromatic rings. The zero-order valence-electron chi connectivity index (χ0n) is 18.3. The maximum atomic E-state index is 12.6. The van der Waals surface area contributed by atoms with E-state index in [2.05, 4.69) is 30.4 Å². The van der Waals surface area contributed by atoms with Crippen LogP contribution in [0.4, 0.5) is 0 Å². The number of amides is 1. The van der Waals surface area contributed by atoms with Gasteiger partial charge >= 0.3 is 5.97 Å². The number of carboxylic acid groups (broad SMARTS) is 1. The van der Waals surface area contributed by atoms with E-state index in [1.807, 2.05) is 12.1 Å². The molecule has 1 fully saturated rings. The molecule has 0 bridgehead atoms. The van der Waals surface area contributed by atoms with Crippen molar-refractivity contribution in [2.45, 2.75) is 38.0 Å². The molecule has 3 rings (SSSR count). The second-order valence-corrected chi connectivity index (χ2v) is 8.11. The lowest BCUT2D eigenvalue weighted by molar-refractivity contribution is 0.0693. The Morgan fingerprint density at radius 2 is 2.00 bits per heavy atom. The van der Waals surface area contributed by atoms with Gasteiger partial charge in [0, 0.05) is 12.0 Å². The molecule has 1 heterocycles. The Labute approximate surface area is 182 Å². The van der Waals surface area contributed by atoms with Gasteiger partial charge in [-0.3, -0.25) is 4.79 Å². The van der Waals surface area contributed by atoms with E-state index in [0.717, 1.165) is 25.9 Å². The summed E-state index contributed by atoms with van der Waals surface area (Å²) in [4.78, 5) is 31.7. The molecule has 0 aliphatic carbocycles. The summed E-state index contributed by atoms with van der Waals surface area (Å²) in [5, 5.41) is 9.11. The van der Waals surface area contributed by atoms with E-state index < -0.39 is 11.9 Å². The highest BCUT2D eigenvalue weighted by Gasteiger charge is 2.33. The van der Waals surface area contributed by atoms with Crippen molar-refractivity contribution in [1.82, 2.24) is 10.4 Å². The van der Waals surface area contributed by atoms with Crippen LogP contribution in [0.25, 0.3) is 0 Å². The van der Waals surface area contributed by atoms with E-state index in [-0.39, 0.29) is 22.3 Å². The van der Waals surface area contributed by atoms with Crippen LogP contribution < -0.4 is 15.1 Å². The molecule has 7 heteroatoms. The fraction of sp³-hybridized carbons (Fsp3) is 0.417. The summed E-state index contributed by atoms with van der Waals surface area (Å²) < 4.78 is 5.17. The summed E-state index contributed by atoms with van der Waals surface area (Å²) in [6.45, 7) is 4.32. The number of hydrogen-bond donors (Lipinski definition) is 2. The van der Waals surface area contributed by atoms with Crippen LogP contribution in [-0.2, 0) is 5.41 Å². The summed E-state index contributed by atoms with van der Waals surface area (Å²) >= 11 is 0. The molecule has 7 nitrogen and oxygen atoms in total. The van der Waals surface area contributed by atoms with Crippen LogP contribution in [-0.4, -0.2) is 49.1 Å². The van der Waals surface area contributed by atoms with Gasteiger partial charge in [0.1, 0.15) is 5.75 Å². The van der Waals surface area contributed by atoms with Crippen LogP contribution in [0, 0.1) is 0 Å². The van der Waals surface area contributed by atoms with E-state index in [4.69, 9.17) is 14.7 Å². The third kappa shape index (κ3) is 5.17. The molecule has 1 amide bonds. The number of carboxylic acids is 1. The Morgan fingerprint density at radius 3 is 2.71 bits per heavy atom. The molecule has 0 saturated carbocycles. The lowest BCUT2D eigenvalue weighted by Gasteiger charge is -2.35. The van der Waals surface area contributed by atoms with Crippen molar-refractivity contribution < 1.29 is 24.3 Å². The molecule has 1 aliphatic rings. The predicted octanol–water partition coefficient (Wildman–Crippen LogP) is 3.88. The number of hydroxylamine groups is 1. The number of methoxy groups -OCH3 is 1. The first-order chi connectivity index (χ1) is 14.9. The quantitative estimate of drug-likeness (QED) is 0.654. The van der Waals surface area contributed by atoms with E-state index in [1.54, 1.807) is 6.07 Å². The molecule has 1 aliphatic heterocycles. The zero-order chi connectivity index (χ0) is 22.4. The number of nitrogens with one attached hydrogen (secondary N) is 1. The number of hydrogen-bond acceptors (Lipinski definition) is 5. The van der Waals surface area contributed by atoms with Crippen LogP contribution in [0.1, 0.15) is 58.9 Å². The average molecular weight is 427 g/mol. The number of likely N-dealkylation sites (tertiary alicyclic amines) is 1. The second kappa shape index (κ2) is 9.83. The number of ether oxygens (including phenoxy) is 1. The molecular formula is C24H30N2O5.